The zero-order valence-corrected chi connectivity index (χ0v) is 17.3. The Balaban J connectivity index is 1.60. The number of amides is 1. The van der Waals surface area contributed by atoms with Gasteiger partial charge in [0.25, 0.3) is 5.56 Å². The van der Waals surface area contributed by atoms with E-state index in [1.165, 1.54) is 40.6 Å². The molecule has 0 aliphatic carbocycles. The van der Waals surface area contributed by atoms with Crippen molar-refractivity contribution in [2.45, 2.75) is 5.16 Å². The van der Waals surface area contributed by atoms with Crippen molar-refractivity contribution in [2.24, 2.45) is 0 Å². The molecule has 1 fully saturated rings. The number of rotatable bonds is 4. The highest BCUT2D eigenvalue weighted by atomic mass is 32.2. The summed E-state index contributed by atoms with van der Waals surface area (Å²) in [5, 5.41) is 1.22. The summed E-state index contributed by atoms with van der Waals surface area (Å²) in [6, 6.07) is 13.2. The van der Waals surface area contributed by atoms with Gasteiger partial charge in [-0.25, -0.2) is 9.37 Å². The van der Waals surface area contributed by atoms with E-state index < -0.39 is 5.82 Å². The van der Waals surface area contributed by atoms with Crippen LogP contribution in [0.5, 0.6) is 0 Å². The van der Waals surface area contributed by atoms with Gasteiger partial charge < -0.3 is 14.6 Å². The van der Waals surface area contributed by atoms with Crippen molar-refractivity contribution < 1.29 is 13.9 Å². The molecule has 0 saturated carbocycles. The van der Waals surface area contributed by atoms with Crippen LogP contribution in [-0.4, -0.2) is 57.4 Å². The minimum absolute atomic E-state index is 0.0350. The molecule has 9 heteroatoms. The molecule has 2 aromatic carbocycles. The number of fused-ring (bicyclic) bond motifs is 3. The van der Waals surface area contributed by atoms with E-state index in [-0.39, 0.29) is 17.2 Å². The summed E-state index contributed by atoms with van der Waals surface area (Å²) in [7, 11) is 0. The molecule has 2 aromatic heterocycles. The minimum Gasteiger partial charge on any atom is -0.378 e. The molecule has 31 heavy (non-hydrogen) atoms. The van der Waals surface area contributed by atoms with E-state index in [9.17, 15) is 14.0 Å². The maximum atomic E-state index is 13.5. The van der Waals surface area contributed by atoms with Crippen LogP contribution in [0.25, 0.3) is 27.6 Å². The maximum absolute atomic E-state index is 13.5. The van der Waals surface area contributed by atoms with E-state index in [4.69, 9.17) is 9.72 Å². The molecular formula is C22H19FN4O3S. The number of thioether (sulfide) groups is 1. The average Bonchev–Trinajstić information content (AvgIpc) is 3.18. The molecule has 1 N–H and O–H groups in total. The number of aromatic nitrogens is 3. The lowest BCUT2D eigenvalue weighted by Gasteiger charge is -2.26. The number of carbonyl (C=O) groups excluding carboxylic acids is 1. The number of benzene rings is 2. The third-order valence-corrected chi connectivity index (χ3v) is 6.19. The molecule has 0 radical (unpaired) electrons. The molecule has 1 aliphatic heterocycles. The van der Waals surface area contributed by atoms with Crippen LogP contribution in [0.2, 0.25) is 0 Å². The number of H-pyrrole nitrogens is 1. The number of hydrogen-bond donors (Lipinski definition) is 1. The predicted molar refractivity (Wildman–Crippen MR) is 117 cm³/mol. The molecular weight excluding hydrogens is 419 g/mol. The largest absolute Gasteiger partial charge is 0.378 e. The van der Waals surface area contributed by atoms with Crippen LogP contribution in [0.15, 0.2) is 58.5 Å². The van der Waals surface area contributed by atoms with Gasteiger partial charge in [-0.05, 0) is 30.3 Å². The Labute approximate surface area is 180 Å². The van der Waals surface area contributed by atoms with Crippen molar-refractivity contribution in [2.75, 3.05) is 32.1 Å². The fourth-order valence-electron chi connectivity index (χ4n) is 3.69. The highest BCUT2D eigenvalue weighted by molar-refractivity contribution is 7.99. The first-order valence-corrected chi connectivity index (χ1v) is 10.9. The second kappa shape index (κ2) is 8.16. The molecule has 4 aromatic rings. The molecule has 1 amide bonds. The van der Waals surface area contributed by atoms with Crippen molar-refractivity contribution >= 4 is 39.6 Å². The Bertz CT molecular complexity index is 1330. The van der Waals surface area contributed by atoms with Gasteiger partial charge in [0.1, 0.15) is 16.9 Å². The Morgan fingerprint density at radius 3 is 2.65 bits per heavy atom. The number of para-hydroxylation sites is 1. The first-order chi connectivity index (χ1) is 15.1. The monoisotopic (exact) mass is 438 g/mol. The molecule has 1 aliphatic rings. The lowest BCUT2D eigenvalue weighted by atomic mass is 10.2. The zero-order valence-electron chi connectivity index (χ0n) is 16.5. The second-order valence-electron chi connectivity index (χ2n) is 7.19. The van der Waals surface area contributed by atoms with E-state index in [0.29, 0.717) is 48.2 Å². The van der Waals surface area contributed by atoms with Gasteiger partial charge in [-0.3, -0.25) is 14.2 Å². The molecule has 1 saturated heterocycles. The lowest BCUT2D eigenvalue weighted by molar-refractivity contribution is -0.132. The van der Waals surface area contributed by atoms with Crippen molar-refractivity contribution in [1.82, 2.24) is 19.4 Å². The summed E-state index contributed by atoms with van der Waals surface area (Å²) in [5.74, 6) is -0.290. The van der Waals surface area contributed by atoms with Crippen LogP contribution in [0.3, 0.4) is 0 Å². The van der Waals surface area contributed by atoms with Crippen LogP contribution in [-0.2, 0) is 9.53 Å². The molecule has 0 spiro atoms. The van der Waals surface area contributed by atoms with E-state index in [2.05, 4.69) is 4.98 Å². The van der Waals surface area contributed by atoms with Crippen molar-refractivity contribution in [3.05, 3.63) is 64.7 Å². The molecule has 0 atom stereocenters. The summed E-state index contributed by atoms with van der Waals surface area (Å²) < 4.78 is 20.2. The molecule has 5 rings (SSSR count). The van der Waals surface area contributed by atoms with Crippen molar-refractivity contribution in [1.29, 1.82) is 0 Å². The van der Waals surface area contributed by atoms with Gasteiger partial charge in [0.2, 0.25) is 5.91 Å². The Hall–Kier alpha value is -3.17. The fourth-order valence-corrected chi connectivity index (χ4v) is 4.60. The number of halogens is 1. The van der Waals surface area contributed by atoms with Crippen LogP contribution < -0.4 is 5.56 Å². The van der Waals surface area contributed by atoms with E-state index in [1.807, 2.05) is 24.3 Å². The highest BCUT2D eigenvalue weighted by Crippen LogP contribution is 2.26. The van der Waals surface area contributed by atoms with Gasteiger partial charge in [0.15, 0.2) is 5.16 Å². The third kappa shape index (κ3) is 3.70. The third-order valence-electron chi connectivity index (χ3n) is 5.27. The molecule has 158 valence electrons. The molecule has 3 heterocycles. The van der Waals surface area contributed by atoms with E-state index in [1.54, 1.807) is 4.90 Å². The second-order valence-corrected chi connectivity index (χ2v) is 8.13. The number of ether oxygens (including phenoxy) is 1. The van der Waals surface area contributed by atoms with Gasteiger partial charge in [-0.15, -0.1) is 0 Å². The normalized spacial score (nSPS) is 14.4. The zero-order chi connectivity index (χ0) is 21.4. The van der Waals surface area contributed by atoms with E-state index >= 15 is 0 Å². The molecule has 7 nitrogen and oxygen atoms in total. The number of aromatic amines is 1. The average molecular weight is 438 g/mol. The van der Waals surface area contributed by atoms with Crippen LogP contribution in [0.4, 0.5) is 4.39 Å². The van der Waals surface area contributed by atoms with Crippen molar-refractivity contribution in [3.63, 3.8) is 0 Å². The van der Waals surface area contributed by atoms with Crippen LogP contribution in [0, 0.1) is 5.82 Å². The number of hydrogen-bond acceptors (Lipinski definition) is 5. The first-order valence-electron chi connectivity index (χ1n) is 9.89. The number of nitrogens with one attached hydrogen (secondary N) is 1. The van der Waals surface area contributed by atoms with Gasteiger partial charge in [0, 0.05) is 24.0 Å². The Morgan fingerprint density at radius 2 is 1.87 bits per heavy atom. The van der Waals surface area contributed by atoms with Crippen LogP contribution >= 0.6 is 11.8 Å². The van der Waals surface area contributed by atoms with Crippen LogP contribution in [0.1, 0.15) is 0 Å². The summed E-state index contributed by atoms with van der Waals surface area (Å²) in [6.07, 6.45) is 0. The topological polar surface area (TPSA) is 80.2 Å². The number of morpholine rings is 1. The maximum Gasteiger partial charge on any atom is 0.283 e. The SMILES string of the molecule is O=C(CSc1nc2c([nH]c3ccccc32)c(=O)n1-c1ccc(F)cc1)N1CCOCC1. The Morgan fingerprint density at radius 1 is 1.13 bits per heavy atom. The summed E-state index contributed by atoms with van der Waals surface area (Å²) in [5.41, 5.74) is 1.92. The minimum atomic E-state index is -0.395. The first kappa shape index (κ1) is 19.8. The highest BCUT2D eigenvalue weighted by Gasteiger charge is 2.21. The Kier molecular flexibility index (Phi) is 5.21. The summed E-state index contributed by atoms with van der Waals surface area (Å²) in [6.45, 7) is 2.16. The standard InChI is InChI=1S/C22H19FN4O3S/c23-14-5-7-15(8-6-14)27-21(29)20-19(16-3-1-2-4-17(16)24-20)25-22(27)31-13-18(28)26-9-11-30-12-10-26/h1-8,24H,9-13H2. The quantitative estimate of drug-likeness (QED) is 0.391. The summed E-state index contributed by atoms with van der Waals surface area (Å²) in [4.78, 5) is 35.7. The molecule has 0 bridgehead atoms. The lowest BCUT2D eigenvalue weighted by Crippen LogP contribution is -2.41. The van der Waals surface area contributed by atoms with Gasteiger partial charge >= 0.3 is 0 Å². The van der Waals surface area contributed by atoms with Gasteiger partial charge in [-0.1, -0.05) is 30.0 Å². The number of nitrogens with zero attached hydrogens (tertiary/aromatic N) is 3. The smallest absolute Gasteiger partial charge is 0.283 e. The summed E-state index contributed by atoms with van der Waals surface area (Å²) >= 11 is 1.20. The predicted octanol–water partition coefficient (Wildman–Crippen LogP) is 2.96. The number of carbonyl (C=O) groups is 1. The fraction of sp³-hybridized carbons (Fsp3) is 0.227. The molecule has 0 unspecified atom stereocenters. The van der Waals surface area contributed by atoms with Gasteiger partial charge in [0.05, 0.1) is 24.7 Å². The van der Waals surface area contributed by atoms with Crippen molar-refractivity contribution in [3.8, 4) is 5.69 Å². The van der Waals surface area contributed by atoms with Gasteiger partial charge in [-0.2, -0.15) is 0 Å². The van der Waals surface area contributed by atoms with E-state index in [0.717, 1.165) is 10.9 Å².